The number of piperidine rings is 1. The Bertz CT molecular complexity index is 942. The summed E-state index contributed by atoms with van der Waals surface area (Å²) in [5.74, 6) is 2.55. The second-order valence-electron chi connectivity index (χ2n) is 7.76. The molecule has 4 rings (SSSR count). The summed E-state index contributed by atoms with van der Waals surface area (Å²) in [7, 11) is 0. The lowest BCUT2D eigenvalue weighted by Crippen LogP contribution is -2.38. The number of rotatable bonds is 6. The van der Waals surface area contributed by atoms with E-state index in [-0.39, 0.29) is 5.91 Å². The smallest absolute Gasteiger partial charge is 0.222 e. The molecular weight excluding hydrogens is 360 g/mol. The third kappa shape index (κ3) is 4.73. The summed E-state index contributed by atoms with van der Waals surface area (Å²) in [5, 5.41) is 0. The molecule has 1 aromatic carbocycles. The lowest BCUT2D eigenvalue weighted by molar-refractivity contribution is -0.132. The molecule has 0 aliphatic carbocycles. The van der Waals surface area contributed by atoms with E-state index in [9.17, 15) is 4.79 Å². The molecule has 0 spiro atoms. The molecule has 5 heteroatoms. The van der Waals surface area contributed by atoms with E-state index in [1.165, 1.54) is 5.56 Å². The average Bonchev–Trinajstić information content (AvgIpc) is 3.20. The van der Waals surface area contributed by atoms with Gasteiger partial charge in [0.1, 0.15) is 11.6 Å². The number of imidazole rings is 1. The van der Waals surface area contributed by atoms with Crippen molar-refractivity contribution in [2.75, 3.05) is 13.1 Å². The standard InChI is InChI=1S/C24H28N4O/c1-19-25-15-18-28(19)23-11-6-10-22(26-23)21-13-16-27(17-14-21)24(29)12-5-9-20-7-3-2-4-8-20/h2-4,6-8,10-11,15,18,21H,5,9,12-14,16-17H2,1H3. The fourth-order valence-electron chi connectivity index (χ4n) is 4.09. The Hall–Kier alpha value is -2.95. The van der Waals surface area contributed by atoms with E-state index < -0.39 is 0 Å². The number of carbonyl (C=O) groups excluding carboxylic acids is 1. The Morgan fingerprint density at radius 3 is 2.59 bits per heavy atom. The lowest BCUT2D eigenvalue weighted by Gasteiger charge is -2.32. The highest BCUT2D eigenvalue weighted by Gasteiger charge is 2.24. The highest BCUT2D eigenvalue weighted by molar-refractivity contribution is 5.76. The maximum Gasteiger partial charge on any atom is 0.222 e. The number of likely N-dealkylation sites (tertiary alicyclic amines) is 1. The number of aromatic nitrogens is 3. The second kappa shape index (κ2) is 9.03. The first-order valence-corrected chi connectivity index (χ1v) is 10.5. The maximum atomic E-state index is 12.6. The Kier molecular flexibility index (Phi) is 6.03. The van der Waals surface area contributed by atoms with Gasteiger partial charge in [0, 0.05) is 43.5 Å². The molecule has 5 nitrogen and oxygen atoms in total. The molecule has 1 saturated heterocycles. The van der Waals surface area contributed by atoms with E-state index in [1.807, 2.05) is 34.7 Å². The van der Waals surface area contributed by atoms with Crippen LogP contribution in [0, 0.1) is 6.92 Å². The first-order valence-electron chi connectivity index (χ1n) is 10.5. The molecule has 3 heterocycles. The Labute approximate surface area is 172 Å². The fraction of sp³-hybridized carbons (Fsp3) is 0.375. The zero-order valence-electron chi connectivity index (χ0n) is 17.0. The first-order chi connectivity index (χ1) is 14.2. The van der Waals surface area contributed by atoms with Crippen LogP contribution in [-0.2, 0) is 11.2 Å². The van der Waals surface area contributed by atoms with Gasteiger partial charge in [0.2, 0.25) is 5.91 Å². The van der Waals surface area contributed by atoms with Gasteiger partial charge < -0.3 is 4.90 Å². The Balaban J connectivity index is 1.29. The highest BCUT2D eigenvalue weighted by Crippen LogP contribution is 2.28. The molecule has 1 amide bonds. The van der Waals surface area contributed by atoms with Crippen LogP contribution in [0.5, 0.6) is 0 Å². The quantitative estimate of drug-likeness (QED) is 0.632. The second-order valence-corrected chi connectivity index (χ2v) is 7.76. The SMILES string of the molecule is Cc1nccn1-c1cccc(C2CCN(C(=O)CCCc3ccccc3)CC2)n1. The molecule has 150 valence electrons. The summed E-state index contributed by atoms with van der Waals surface area (Å²) in [5.41, 5.74) is 2.42. The third-order valence-corrected chi connectivity index (χ3v) is 5.79. The number of amides is 1. The van der Waals surface area contributed by atoms with Crippen LogP contribution in [0.4, 0.5) is 0 Å². The van der Waals surface area contributed by atoms with E-state index in [4.69, 9.17) is 4.98 Å². The van der Waals surface area contributed by atoms with Crippen molar-refractivity contribution in [3.8, 4) is 5.82 Å². The van der Waals surface area contributed by atoms with E-state index in [0.717, 1.165) is 56.1 Å². The summed E-state index contributed by atoms with van der Waals surface area (Å²) in [4.78, 5) is 23.8. The van der Waals surface area contributed by atoms with Gasteiger partial charge in [-0.25, -0.2) is 9.97 Å². The lowest BCUT2D eigenvalue weighted by atomic mass is 9.92. The van der Waals surface area contributed by atoms with Crippen LogP contribution < -0.4 is 0 Å². The minimum atomic E-state index is 0.287. The van der Waals surface area contributed by atoms with Crippen molar-refractivity contribution in [2.45, 2.75) is 44.9 Å². The predicted molar refractivity (Wildman–Crippen MR) is 114 cm³/mol. The molecule has 3 aromatic rings. The van der Waals surface area contributed by atoms with Crippen molar-refractivity contribution < 1.29 is 4.79 Å². The predicted octanol–water partition coefficient (Wildman–Crippen LogP) is 4.30. The van der Waals surface area contributed by atoms with Gasteiger partial charge in [-0.2, -0.15) is 0 Å². The zero-order chi connectivity index (χ0) is 20.1. The van der Waals surface area contributed by atoms with Crippen molar-refractivity contribution in [3.05, 3.63) is 78.0 Å². The van der Waals surface area contributed by atoms with Crippen LogP contribution in [0.3, 0.4) is 0 Å². The minimum absolute atomic E-state index is 0.287. The monoisotopic (exact) mass is 388 g/mol. The Morgan fingerprint density at radius 1 is 1.07 bits per heavy atom. The summed E-state index contributed by atoms with van der Waals surface area (Å²) < 4.78 is 2.01. The number of benzene rings is 1. The van der Waals surface area contributed by atoms with E-state index >= 15 is 0 Å². The first kappa shape index (κ1) is 19.4. The number of carbonyl (C=O) groups is 1. The number of aryl methyl sites for hydroxylation is 2. The number of pyridine rings is 1. The van der Waals surface area contributed by atoms with Gasteiger partial charge in [0.05, 0.1) is 0 Å². The molecule has 0 bridgehead atoms. The Morgan fingerprint density at radius 2 is 1.86 bits per heavy atom. The van der Waals surface area contributed by atoms with Gasteiger partial charge in [0.15, 0.2) is 0 Å². The number of hydrogen-bond acceptors (Lipinski definition) is 3. The van der Waals surface area contributed by atoms with Gasteiger partial charge in [-0.15, -0.1) is 0 Å². The van der Waals surface area contributed by atoms with E-state index in [1.54, 1.807) is 6.20 Å². The van der Waals surface area contributed by atoms with Crippen molar-refractivity contribution in [3.63, 3.8) is 0 Å². The van der Waals surface area contributed by atoms with Crippen LogP contribution >= 0.6 is 0 Å². The van der Waals surface area contributed by atoms with E-state index in [2.05, 4.69) is 41.4 Å². The summed E-state index contributed by atoms with van der Waals surface area (Å²) in [6.45, 7) is 3.63. The highest BCUT2D eigenvalue weighted by atomic mass is 16.2. The molecule has 0 radical (unpaired) electrons. The molecular formula is C24H28N4O. The molecule has 1 aliphatic heterocycles. The average molecular weight is 389 g/mol. The van der Waals surface area contributed by atoms with Crippen molar-refractivity contribution >= 4 is 5.91 Å². The van der Waals surface area contributed by atoms with Crippen LogP contribution in [0.1, 0.15) is 48.7 Å². The topological polar surface area (TPSA) is 51.0 Å². The molecule has 0 N–H and O–H groups in total. The molecule has 0 unspecified atom stereocenters. The van der Waals surface area contributed by atoms with E-state index in [0.29, 0.717) is 12.3 Å². The van der Waals surface area contributed by atoms with Crippen LogP contribution in [0.15, 0.2) is 60.9 Å². The van der Waals surface area contributed by atoms with Crippen molar-refractivity contribution in [2.24, 2.45) is 0 Å². The normalized spacial score (nSPS) is 14.9. The van der Waals surface area contributed by atoms with Gasteiger partial charge in [0.25, 0.3) is 0 Å². The minimum Gasteiger partial charge on any atom is -0.343 e. The molecule has 0 atom stereocenters. The summed E-state index contributed by atoms with van der Waals surface area (Å²) >= 11 is 0. The summed E-state index contributed by atoms with van der Waals surface area (Å²) in [6.07, 6.45) is 8.20. The van der Waals surface area contributed by atoms with Gasteiger partial charge in [-0.3, -0.25) is 9.36 Å². The summed E-state index contributed by atoms with van der Waals surface area (Å²) in [6, 6.07) is 16.6. The van der Waals surface area contributed by atoms with Crippen LogP contribution in [0.2, 0.25) is 0 Å². The van der Waals surface area contributed by atoms with Crippen LogP contribution in [-0.4, -0.2) is 38.4 Å². The maximum absolute atomic E-state index is 12.6. The number of hydrogen-bond donors (Lipinski definition) is 0. The molecule has 2 aromatic heterocycles. The molecule has 1 aliphatic rings. The molecule has 29 heavy (non-hydrogen) atoms. The van der Waals surface area contributed by atoms with Crippen molar-refractivity contribution in [1.29, 1.82) is 0 Å². The molecule has 0 saturated carbocycles. The largest absolute Gasteiger partial charge is 0.343 e. The van der Waals surface area contributed by atoms with Gasteiger partial charge in [-0.05, 0) is 50.3 Å². The third-order valence-electron chi connectivity index (χ3n) is 5.79. The zero-order valence-corrected chi connectivity index (χ0v) is 17.0. The fourth-order valence-corrected chi connectivity index (χ4v) is 4.09. The van der Waals surface area contributed by atoms with Gasteiger partial charge >= 0.3 is 0 Å². The van der Waals surface area contributed by atoms with Gasteiger partial charge in [-0.1, -0.05) is 36.4 Å². The van der Waals surface area contributed by atoms with Crippen LogP contribution in [0.25, 0.3) is 5.82 Å². The van der Waals surface area contributed by atoms with Crippen molar-refractivity contribution in [1.82, 2.24) is 19.4 Å². The molecule has 1 fully saturated rings. The number of nitrogens with zero attached hydrogens (tertiary/aromatic N) is 4.